The van der Waals surface area contributed by atoms with Gasteiger partial charge in [0, 0.05) is 53.9 Å². The van der Waals surface area contributed by atoms with Crippen LogP contribution in [0.1, 0.15) is 40.6 Å². The van der Waals surface area contributed by atoms with Gasteiger partial charge < -0.3 is 15.2 Å². The van der Waals surface area contributed by atoms with Gasteiger partial charge in [0.15, 0.2) is 5.82 Å². The van der Waals surface area contributed by atoms with Crippen LogP contribution in [0.3, 0.4) is 0 Å². The van der Waals surface area contributed by atoms with E-state index in [2.05, 4.69) is 35.5 Å². The summed E-state index contributed by atoms with van der Waals surface area (Å²) in [6.45, 7) is 1.93. The van der Waals surface area contributed by atoms with Crippen LogP contribution in [-0.4, -0.2) is 47.4 Å². The number of halogens is 1. The first-order chi connectivity index (χ1) is 20.4. The number of aryl methyl sites for hydroxylation is 2. The SMILES string of the molecule is Cc1cc(-c2ccc(Cl)c(CC(NC(=O)c3ccnn3C)C(=O)Nc3ccc(-c4nncn4C4CC4)cc3)c2)ccn1. The quantitative estimate of drug-likeness (QED) is 0.253. The molecule has 3 heterocycles. The Labute approximate surface area is 247 Å². The molecule has 11 heteroatoms. The van der Waals surface area contributed by atoms with Crippen LogP contribution in [0.5, 0.6) is 0 Å². The number of anilines is 1. The van der Waals surface area contributed by atoms with Crippen molar-refractivity contribution in [3.63, 3.8) is 0 Å². The number of carbonyl (C=O) groups excluding carboxylic acids is 2. The van der Waals surface area contributed by atoms with Crippen molar-refractivity contribution in [1.82, 2.24) is 34.8 Å². The largest absolute Gasteiger partial charge is 0.339 e. The topological polar surface area (TPSA) is 120 Å². The fraction of sp³-hybridized carbons (Fsp3) is 0.226. The lowest BCUT2D eigenvalue weighted by atomic mass is 9.99. The third-order valence-electron chi connectivity index (χ3n) is 7.30. The molecular formula is C31H29ClN8O2. The van der Waals surface area contributed by atoms with Gasteiger partial charge in [-0.25, -0.2) is 0 Å². The lowest BCUT2D eigenvalue weighted by Gasteiger charge is -2.20. The van der Waals surface area contributed by atoms with E-state index in [1.165, 1.54) is 10.9 Å². The first-order valence-corrected chi connectivity index (χ1v) is 14.0. The third kappa shape index (κ3) is 5.94. The molecule has 0 radical (unpaired) electrons. The Bertz CT molecular complexity index is 1760. The van der Waals surface area contributed by atoms with Gasteiger partial charge in [0.1, 0.15) is 18.1 Å². The minimum absolute atomic E-state index is 0.175. The number of aromatic nitrogens is 6. The lowest BCUT2D eigenvalue weighted by Crippen LogP contribution is -2.45. The summed E-state index contributed by atoms with van der Waals surface area (Å²) in [5.74, 6) is 0.0122. The van der Waals surface area contributed by atoms with Crippen LogP contribution < -0.4 is 10.6 Å². The molecule has 2 aromatic carbocycles. The summed E-state index contributed by atoms with van der Waals surface area (Å²) in [6, 6.07) is 18.1. The maximum atomic E-state index is 13.7. The number of nitrogens with one attached hydrogen (secondary N) is 2. The van der Waals surface area contributed by atoms with Gasteiger partial charge in [0.05, 0.1) is 0 Å². The predicted octanol–water partition coefficient (Wildman–Crippen LogP) is 5.02. The molecule has 2 amide bonds. The number of rotatable bonds is 9. The number of nitrogens with zero attached hydrogens (tertiary/aromatic N) is 6. The molecule has 212 valence electrons. The number of hydrogen-bond donors (Lipinski definition) is 2. The number of amides is 2. The number of benzene rings is 2. The molecule has 0 spiro atoms. The molecule has 1 saturated carbocycles. The molecule has 1 aliphatic rings. The summed E-state index contributed by atoms with van der Waals surface area (Å²) in [7, 11) is 1.67. The molecule has 42 heavy (non-hydrogen) atoms. The summed E-state index contributed by atoms with van der Waals surface area (Å²) in [5, 5.41) is 18.8. The molecule has 1 aliphatic carbocycles. The zero-order valence-electron chi connectivity index (χ0n) is 23.2. The van der Waals surface area contributed by atoms with Crippen LogP contribution in [0.4, 0.5) is 5.69 Å². The Kier molecular flexibility index (Phi) is 7.54. The second kappa shape index (κ2) is 11.6. The van der Waals surface area contributed by atoms with Crippen molar-refractivity contribution in [2.75, 3.05) is 5.32 Å². The Morgan fingerprint density at radius 1 is 1.00 bits per heavy atom. The van der Waals surface area contributed by atoms with Crippen molar-refractivity contribution in [2.45, 2.75) is 38.3 Å². The molecule has 5 aromatic rings. The standard InChI is InChI=1S/C31H29ClN8O2/c1-19-15-22(11-13-33-19)21-5-10-26(32)23(16-21)17-27(37-31(42)28-12-14-35-39(28)2)30(41)36-24-6-3-20(4-7-24)29-38-34-18-40(29)25-8-9-25/h3-7,10-16,18,25,27H,8-9,17H2,1-2H3,(H,36,41)(H,37,42). The van der Waals surface area contributed by atoms with E-state index in [-0.39, 0.29) is 12.3 Å². The van der Waals surface area contributed by atoms with Gasteiger partial charge in [0.2, 0.25) is 5.91 Å². The van der Waals surface area contributed by atoms with Crippen molar-refractivity contribution < 1.29 is 9.59 Å². The van der Waals surface area contributed by atoms with E-state index in [0.717, 1.165) is 46.6 Å². The monoisotopic (exact) mass is 580 g/mol. The van der Waals surface area contributed by atoms with Gasteiger partial charge in [-0.15, -0.1) is 10.2 Å². The number of hydrogen-bond acceptors (Lipinski definition) is 6. The van der Waals surface area contributed by atoms with Crippen molar-refractivity contribution >= 4 is 29.1 Å². The minimum atomic E-state index is -0.919. The fourth-order valence-corrected chi connectivity index (χ4v) is 5.09. The van der Waals surface area contributed by atoms with Crippen molar-refractivity contribution in [2.24, 2.45) is 7.05 Å². The smallest absolute Gasteiger partial charge is 0.270 e. The highest BCUT2D eigenvalue weighted by Crippen LogP contribution is 2.37. The van der Waals surface area contributed by atoms with Gasteiger partial charge in [-0.2, -0.15) is 5.10 Å². The van der Waals surface area contributed by atoms with Crippen LogP contribution in [0.2, 0.25) is 5.02 Å². The first-order valence-electron chi connectivity index (χ1n) is 13.7. The van der Waals surface area contributed by atoms with E-state index >= 15 is 0 Å². The zero-order valence-corrected chi connectivity index (χ0v) is 23.9. The van der Waals surface area contributed by atoms with E-state index in [0.29, 0.717) is 22.4 Å². The normalized spacial score (nSPS) is 13.5. The molecule has 10 nitrogen and oxygen atoms in total. The van der Waals surface area contributed by atoms with Crippen molar-refractivity contribution in [1.29, 1.82) is 0 Å². The van der Waals surface area contributed by atoms with Gasteiger partial charge in [-0.05, 0) is 91.1 Å². The van der Waals surface area contributed by atoms with E-state index in [1.807, 2.05) is 55.5 Å². The Morgan fingerprint density at radius 2 is 1.76 bits per heavy atom. The van der Waals surface area contributed by atoms with Crippen LogP contribution in [-0.2, 0) is 18.3 Å². The van der Waals surface area contributed by atoms with Crippen LogP contribution in [0.25, 0.3) is 22.5 Å². The number of pyridine rings is 1. The molecular weight excluding hydrogens is 552 g/mol. The molecule has 0 saturated heterocycles. The minimum Gasteiger partial charge on any atom is -0.339 e. The molecule has 6 rings (SSSR count). The van der Waals surface area contributed by atoms with E-state index in [9.17, 15) is 9.59 Å². The second-order valence-corrected chi connectivity index (χ2v) is 10.8. The summed E-state index contributed by atoms with van der Waals surface area (Å²) in [4.78, 5) is 31.1. The molecule has 2 N–H and O–H groups in total. The number of carbonyl (C=O) groups is 2. The highest BCUT2D eigenvalue weighted by Gasteiger charge is 2.27. The van der Waals surface area contributed by atoms with E-state index in [1.54, 1.807) is 31.7 Å². The van der Waals surface area contributed by atoms with Crippen molar-refractivity contribution in [3.8, 4) is 22.5 Å². The molecule has 1 fully saturated rings. The Morgan fingerprint density at radius 3 is 2.48 bits per heavy atom. The highest BCUT2D eigenvalue weighted by atomic mass is 35.5. The average Bonchev–Trinajstić information content (AvgIpc) is 3.54. The summed E-state index contributed by atoms with van der Waals surface area (Å²) < 4.78 is 3.55. The molecule has 3 aromatic heterocycles. The fourth-order valence-electron chi connectivity index (χ4n) is 4.90. The summed E-state index contributed by atoms with van der Waals surface area (Å²) in [5.41, 5.74) is 5.38. The Balaban J connectivity index is 1.25. The highest BCUT2D eigenvalue weighted by molar-refractivity contribution is 6.31. The van der Waals surface area contributed by atoms with Crippen LogP contribution >= 0.6 is 11.6 Å². The average molecular weight is 581 g/mol. The molecule has 1 unspecified atom stereocenters. The van der Waals surface area contributed by atoms with Crippen LogP contribution in [0.15, 0.2) is 79.4 Å². The molecule has 0 bridgehead atoms. The van der Waals surface area contributed by atoms with Gasteiger partial charge in [-0.3, -0.25) is 19.3 Å². The predicted molar refractivity (Wildman–Crippen MR) is 160 cm³/mol. The second-order valence-electron chi connectivity index (χ2n) is 10.4. The summed E-state index contributed by atoms with van der Waals surface area (Å²) in [6.07, 6.45) is 7.47. The third-order valence-corrected chi connectivity index (χ3v) is 7.67. The maximum Gasteiger partial charge on any atom is 0.270 e. The maximum absolute atomic E-state index is 13.7. The van der Waals surface area contributed by atoms with Crippen molar-refractivity contribution in [3.05, 3.63) is 101 Å². The van der Waals surface area contributed by atoms with Gasteiger partial charge in [-0.1, -0.05) is 17.7 Å². The van der Waals surface area contributed by atoms with E-state index in [4.69, 9.17) is 11.6 Å². The van der Waals surface area contributed by atoms with Crippen LogP contribution in [0, 0.1) is 6.92 Å². The summed E-state index contributed by atoms with van der Waals surface area (Å²) >= 11 is 6.61. The first kappa shape index (κ1) is 27.3. The zero-order chi connectivity index (χ0) is 29.2. The van der Waals surface area contributed by atoms with E-state index < -0.39 is 11.9 Å². The Hall–Kier alpha value is -4.83. The molecule has 0 aliphatic heterocycles. The lowest BCUT2D eigenvalue weighted by molar-refractivity contribution is -0.118. The molecule has 1 atom stereocenters. The van der Waals surface area contributed by atoms with Gasteiger partial charge in [0.25, 0.3) is 5.91 Å². The van der Waals surface area contributed by atoms with Gasteiger partial charge >= 0.3 is 0 Å².